The molecule has 19 heavy (non-hydrogen) atoms. The Kier molecular flexibility index (Phi) is 6.45. The van der Waals surface area contributed by atoms with Crippen LogP contribution in [0, 0.1) is 6.92 Å². The van der Waals surface area contributed by atoms with Gasteiger partial charge < -0.3 is 0 Å². The Morgan fingerprint density at radius 1 is 1.21 bits per heavy atom. The molecule has 1 atom stereocenters. The van der Waals surface area contributed by atoms with Crippen molar-refractivity contribution in [2.24, 2.45) is 0 Å². The van der Waals surface area contributed by atoms with Gasteiger partial charge in [-0.05, 0) is 25.5 Å². The molecule has 0 N–H and O–H groups in total. The van der Waals surface area contributed by atoms with Gasteiger partial charge in [-0.15, -0.1) is 0 Å². The van der Waals surface area contributed by atoms with E-state index in [0.29, 0.717) is 6.42 Å². The maximum absolute atomic E-state index is 13.3. The summed E-state index contributed by atoms with van der Waals surface area (Å²) in [5, 5.41) is 0. The molecule has 0 aliphatic carbocycles. The van der Waals surface area contributed by atoms with Gasteiger partial charge in [-0.25, -0.2) is 4.39 Å². The number of aryl methyl sites for hydroxylation is 1. The number of unbranched alkanes of at least 4 members (excludes halogenated alkanes) is 1. The monoisotopic (exact) mass is 288 g/mol. The summed E-state index contributed by atoms with van der Waals surface area (Å²) < 4.78 is 41.8. The van der Waals surface area contributed by atoms with Crippen LogP contribution < -0.4 is 0 Å². The third kappa shape index (κ3) is 5.70. The Bertz CT molecular complexity index is 468. The van der Waals surface area contributed by atoms with E-state index in [2.05, 4.69) is 0 Å². The fraction of sp³-hybridized carbons (Fsp3) is 0.571. The third-order valence-electron chi connectivity index (χ3n) is 2.85. The number of halogens is 1. The summed E-state index contributed by atoms with van der Waals surface area (Å²) in [5.74, 6) is 0. The summed E-state index contributed by atoms with van der Waals surface area (Å²) in [5.41, 5.74) is 0.974. The van der Waals surface area contributed by atoms with Crippen molar-refractivity contribution in [3.05, 3.63) is 29.8 Å². The quantitative estimate of drug-likeness (QED) is 0.686. The molecule has 0 aliphatic heterocycles. The molecule has 0 amide bonds. The molecule has 1 aromatic carbocycles. The van der Waals surface area contributed by atoms with Crippen LogP contribution in [0.15, 0.2) is 29.2 Å². The molecule has 0 aromatic heterocycles. The fourth-order valence-electron chi connectivity index (χ4n) is 1.63. The lowest BCUT2D eigenvalue weighted by Crippen LogP contribution is -2.11. The lowest BCUT2D eigenvalue weighted by Gasteiger charge is -2.08. The van der Waals surface area contributed by atoms with Crippen LogP contribution in [0.1, 0.15) is 38.2 Å². The van der Waals surface area contributed by atoms with Gasteiger partial charge in [0.2, 0.25) is 0 Å². The zero-order chi connectivity index (χ0) is 14.3. The Labute approximate surface area is 114 Å². The average molecular weight is 288 g/mol. The Hall–Kier alpha value is -0.940. The van der Waals surface area contributed by atoms with E-state index >= 15 is 0 Å². The van der Waals surface area contributed by atoms with Crippen molar-refractivity contribution in [1.29, 1.82) is 0 Å². The third-order valence-corrected chi connectivity index (χ3v) is 4.18. The van der Waals surface area contributed by atoms with Gasteiger partial charge in [-0.2, -0.15) is 8.42 Å². The fourth-order valence-corrected chi connectivity index (χ4v) is 2.55. The summed E-state index contributed by atoms with van der Waals surface area (Å²) in [4.78, 5) is 0.113. The lowest BCUT2D eigenvalue weighted by molar-refractivity contribution is 0.227. The van der Waals surface area contributed by atoms with Crippen molar-refractivity contribution in [3.8, 4) is 0 Å². The van der Waals surface area contributed by atoms with E-state index in [9.17, 15) is 12.8 Å². The van der Waals surface area contributed by atoms with E-state index in [-0.39, 0.29) is 17.9 Å². The van der Waals surface area contributed by atoms with Crippen LogP contribution in [-0.2, 0) is 14.3 Å². The summed E-state index contributed by atoms with van der Waals surface area (Å²) in [6.07, 6.45) is 1.33. The van der Waals surface area contributed by atoms with Crippen LogP contribution >= 0.6 is 0 Å². The second-order valence-corrected chi connectivity index (χ2v) is 6.23. The molecule has 5 heteroatoms. The molecule has 0 radical (unpaired) electrons. The molecule has 0 saturated heterocycles. The first kappa shape index (κ1) is 16.1. The molecule has 0 unspecified atom stereocenters. The zero-order valence-electron chi connectivity index (χ0n) is 11.4. The summed E-state index contributed by atoms with van der Waals surface area (Å²) in [6.45, 7) is 3.75. The molecule has 0 heterocycles. The van der Waals surface area contributed by atoms with Gasteiger partial charge in [-0.3, -0.25) is 4.18 Å². The molecule has 3 nitrogen and oxygen atoms in total. The smallest absolute Gasteiger partial charge is 0.266 e. The van der Waals surface area contributed by atoms with Crippen molar-refractivity contribution in [1.82, 2.24) is 0 Å². The van der Waals surface area contributed by atoms with Crippen LogP contribution in [-0.4, -0.2) is 21.2 Å². The van der Waals surface area contributed by atoms with E-state index in [1.54, 1.807) is 12.1 Å². The SMILES string of the molecule is CCCC[C@@H](F)CCOS(=O)(=O)c1ccc(C)cc1. The minimum Gasteiger partial charge on any atom is -0.266 e. The van der Waals surface area contributed by atoms with Gasteiger partial charge in [0.25, 0.3) is 10.1 Å². The van der Waals surface area contributed by atoms with E-state index < -0.39 is 16.3 Å². The normalized spacial score (nSPS) is 13.4. The maximum Gasteiger partial charge on any atom is 0.296 e. The highest BCUT2D eigenvalue weighted by atomic mass is 32.2. The van der Waals surface area contributed by atoms with Gasteiger partial charge in [-0.1, -0.05) is 37.5 Å². The van der Waals surface area contributed by atoms with Crippen molar-refractivity contribution in [3.63, 3.8) is 0 Å². The highest BCUT2D eigenvalue weighted by molar-refractivity contribution is 7.86. The first-order chi connectivity index (χ1) is 8.95. The van der Waals surface area contributed by atoms with Gasteiger partial charge in [0.15, 0.2) is 0 Å². The molecule has 1 aromatic rings. The minimum absolute atomic E-state index is 0.110. The minimum atomic E-state index is -3.76. The molecule has 0 saturated carbocycles. The number of benzene rings is 1. The van der Waals surface area contributed by atoms with Crippen LogP contribution in [0.2, 0.25) is 0 Å². The predicted molar refractivity (Wildman–Crippen MR) is 73.4 cm³/mol. The van der Waals surface area contributed by atoms with Crippen molar-refractivity contribution >= 4 is 10.1 Å². The van der Waals surface area contributed by atoms with Crippen LogP contribution in [0.3, 0.4) is 0 Å². The largest absolute Gasteiger partial charge is 0.296 e. The predicted octanol–water partition coefficient (Wildman–Crippen LogP) is 3.62. The summed E-state index contributed by atoms with van der Waals surface area (Å²) in [7, 11) is -3.76. The molecule has 108 valence electrons. The van der Waals surface area contributed by atoms with Gasteiger partial charge >= 0.3 is 0 Å². The van der Waals surface area contributed by atoms with Gasteiger partial charge in [0.05, 0.1) is 11.5 Å². The first-order valence-corrected chi connectivity index (χ1v) is 7.96. The number of hydrogen-bond acceptors (Lipinski definition) is 3. The van der Waals surface area contributed by atoms with Crippen LogP contribution in [0.25, 0.3) is 0 Å². The lowest BCUT2D eigenvalue weighted by atomic mass is 10.1. The average Bonchev–Trinajstić information content (AvgIpc) is 2.36. The molecular weight excluding hydrogens is 267 g/mol. The van der Waals surface area contributed by atoms with Crippen molar-refractivity contribution < 1.29 is 17.0 Å². The van der Waals surface area contributed by atoms with Gasteiger partial charge in [0, 0.05) is 6.42 Å². The highest BCUT2D eigenvalue weighted by Gasteiger charge is 2.16. The van der Waals surface area contributed by atoms with E-state index in [1.807, 2.05) is 13.8 Å². The number of rotatable bonds is 8. The number of hydrogen-bond donors (Lipinski definition) is 0. The topological polar surface area (TPSA) is 43.4 Å². The molecule has 1 rings (SSSR count). The number of alkyl halides is 1. The van der Waals surface area contributed by atoms with Crippen LogP contribution in [0.4, 0.5) is 4.39 Å². The Morgan fingerprint density at radius 2 is 1.84 bits per heavy atom. The summed E-state index contributed by atoms with van der Waals surface area (Å²) >= 11 is 0. The zero-order valence-corrected chi connectivity index (χ0v) is 12.2. The standard InChI is InChI=1S/C14H21FO3S/c1-3-4-5-13(15)10-11-18-19(16,17)14-8-6-12(2)7-9-14/h6-9,13H,3-5,10-11H2,1-2H3/t13-/m1/s1. The molecule has 0 aliphatic rings. The molecule has 0 spiro atoms. The van der Waals surface area contributed by atoms with E-state index in [1.165, 1.54) is 12.1 Å². The highest BCUT2D eigenvalue weighted by Crippen LogP contribution is 2.15. The molecule has 0 bridgehead atoms. The van der Waals surface area contributed by atoms with Crippen molar-refractivity contribution in [2.45, 2.75) is 50.6 Å². The second kappa shape index (κ2) is 7.60. The Balaban J connectivity index is 2.45. The maximum atomic E-state index is 13.3. The van der Waals surface area contributed by atoms with E-state index in [0.717, 1.165) is 18.4 Å². The second-order valence-electron chi connectivity index (χ2n) is 4.62. The van der Waals surface area contributed by atoms with Crippen molar-refractivity contribution in [2.75, 3.05) is 6.61 Å². The van der Waals surface area contributed by atoms with Crippen LogP contribution in [0.5, 0.6) is 0 Å². The summed E-state index contributed by atoms with van der Waals surface area (Å²) in [6, 6.07) is 6.40. The first-order valence-electron chi connectivity index (χ1n) is 6.56. The molecular formula is C14H21FO3S. The molecule has 0 fully saturated rings. The van der Waals surface area contributed by atoms with Gasteiger partial charge in [0.1, 0.15) is 6.17 Å². The van der Waals surface area contributed by atoms with E-state index in [4.69, 9.17) is 4.18 Å². The Morgan fingerprint density at radius 3 is 2.42 bits per heavy atom.